The molecule has 0 N–H and O–H groups in total. The van der Waals surface area contributed by atoms with Crippen molar-refractivity contribution in [3.05, 3.63) is 47.1 Å². The molecular formula is C16H18O. The van der Waals surface area contributed by atoms with Gasteiger partial charge in [-0.3, -0.25) is 0 Å². The van der Waals surface area contributed by atoms with E-state index in [0.29, 0.717) is 0 Å². The van der Waals surface area contributed by atoms with E-state index in [1.165, 1.54) is 43.2 Å². The molecule has 17 heavy (non-hydrogen) atoms. The number of allylic oxidation sites excluding steroid dienone is 4. The summed E-state index contributed by atoms with van der Waals surface area (Å²) in [7, 11) is 1.71. The van der Waals surface area contributed by atoms with Crippen molar-refractivity contribution in [3.63, 3.8) is 0 Å². The Labute approximate surface area is 103 Å². The molecule has 1 nitrogen and oxygen atoms in total. The Bertz CT molecular complexity index is 477. The monoisotopic (exact) mass is 226 g/mol. The molecule has 0 heterocycles. The molecule has 1 aromatic rings. The molecule has 1 heteroatoms. The molecule has 0 amide bonds. The lowest BCUT2D eigenvalue weighted by Gasteiger charge is -2.12. The topological polar surface area (TPSA) is 9.23 Å². The second-order valence-corrected chi connectivity index (χ2v) is 4.91. The fourth-order valence-corrected chi connectivity index (χ4v) is 2.85. The number of rotatable bonds is 2. The van der Waals surface area contributed by atoms with Gasteiger partial charge >= 0.3 is 0 Å². The van der Waals surface area contributed by atoms with Crippen molar-refractivity contribution in [2.75, 3.05) is 7.11 Å². The van der Waals surface area contributed by atoms with Crippen LogP contribution in [0.1, 0.15) is 37.7 Å². The van der Waals surface area contributed by atoms with E-state index < -0.39 is 0 Å². The first-order valence-electron chi connectivity index (χ1n) is 6.43. The number of ether oxygens (including phenoxy) is 1. The Hall–Kier alpha value is -1.50. The zero-order valence-corrected chi connectivity index (χ0v) is 10.3. The molecule has 88 valence electrons. The zero-order valence-electron chi connectivity index (χ0n) is 10.3. The maximum Gasteiger partial charge on any atom is 0.118 e. The molecule has 1 aromatic carbocycles. The van der Waals surface area contributed by atoms with Gasteiger partial charge in [0.05, 0.1) is 7.11 Å². The predicted octanol–water partition coefficient (Wildman–Crippen LogP) is 4.35. The highest BCUT2D eigenvalue weighted by Gasteiger charge is 2.19. The molecule has 0 saturated heterocycles. The summed E-state index contributed by atoms with van der Waals surface area (Å²) in [6, 6.07) is 8.44. The fraction of sp³-hybridized carbons (Fsp3) is 0.375. The van der Waals surface area contributed by atoms with Crippen LogP contribution in [-0.4, -0.2) is 7.11 Å². The first-order chi connectivity index (χ1) is 8.36. The Morgan fingerprint density at radius 3 is 2.47 bits per heavy atom. The van der Waals surface area contributed by atoms with Crippen molar-refractivity contribution in [2.45, 2.75) is 32.1 Å². The van der Waals surface area contributed by atoms with Crippen molar-refractivity contribution < 1.29 is 4.74 Å². The molecule has 0 bridgehead atoms. The number of hydrogen-bond acceptors (Lipinski definition) is 1. The summed E-state index contributed by atoms with van der Waals surface area (Å²) in [5.74, 6) is 0.935. The van der Waals surface area contributed by atoms with Crippen LogP contribution in [0.3, 0.4) is 0 Å². The molecule has 2 aliphatic rings. The van der Waals surface area contributed by atoms with E-state index in [1.807, 2.05) is 12.1 Å². The standard InChI is InChI=1S/C16H18O/c1-17-16-8-6-12(7-9-16)15-10-13-4-2-3-5-14(13)11-15/h6-10H,2-5,11H2,1H3. The molecule has 0 radical (unpaired) electrons. The SMILES string of the molecule is COc1ccc(C2=CC3=C(CCCC3)C2)cc1. The van der Waals surface area contributed by atoms with E-state index in [1.54, 1.807) is 18.3 Å². The van der Waals surface area contributed by atoms with Gasteiger partial charge in [0.25, 0.3) is 0 Å². The van der Waals surface area contributed by atoms with E-state index >= 15 is 0 Å². The summed E-state index contributed by atoms with van der Waals surface area (Å²) in [6.07, 6.45) is 8.92. The van der Waals surface area contributed by atoms with Crippen LogP contribution in [0.2, 0.25) is 0 Å². The van der Waals surface area contributed by atoms with Gasteiger partial charge in [0.2, 0.25) is 0 Å². The maximum atomic E-state index is 5.20. The molecule has 0 aliphatic heterocycles. The largest absolute Gasteiger partial charge is 0.497 e. The van der Waals surface area contributed by atoms with Crippen LogP contribution in [0.5, 0.6) is 5.75 Å². The van der Waals surface area contributed by atoms with Gasteiger partial charge in [-0.05, 0) is 60.9 Å². The van der Waals surface area contributed by atoms with Crippen LogP contribution >= 0.6 is 0 Å². The van der Waals surface area contributed by atoms with E-state index in [4.69, 9.17) is 4.74 Å². The molecular weight excluding hydrogens is 208 g/mol. The van der Waals surface area contributed by atoms with E-state index in [2.05, 4.69) is 18.2 Å². The Morgan fingerprint density at radius 1 is 1.00 bits per heavy atom. The normalized spacial score (nSPS) is 19.0. The zero-order chi connectivity index (χ0) is 11.7. The minimum atomic E-state index is 0.935. The summed E-state index contributed by atoms with van der Waals surface area (Å²) in [6.45, 7) is 0. The van der Waals surface area contributed by atoms with Crippen LogP contribution in [0.25, 0.3) is 5.57 Å². The van der Waals surface area contributed by atoms with Crippen molar-refractivity contribution >= 4 is 5.57 Å². The third kappa shape index (κ3) is 2.02. The number of benzene rings is 1. The van der Waals surface area contributed by atoms with E-state index in [-0.39, 0.29) is 0 Å². The summed E-state index contributed by atoms with van der Waals surface area (Å²) in [4.78, 5) is 0. The predicted molar refractivity (Wildman–Crippen MR) is 71.1 cm³/mol. The lowest BCUT2D eigenvalue weighted by molar-refractivity contribution is 0.415. The smallest absolute Gasteiger partial charge is 0.118 e. The quantitative estimate of drug-likeness (QED) is 0.728. The van der Waals surface area contributed by atoms with Crippen LogP contribution in [-0.2, 0) is 0 Å². The minimum Gasteiger partial charge on any atom is -0.497 e. The van der Waals surface area contributed by atoms with Crippen LogP contribution in [0.15, 0.2) is 41.5 Å². The third-order valence-corrected chi connectivity index (χ3v) is 3.84. The van der Waals surface area contributed by atoms with Crippen molar-refractivity contribution in [1.82, 2.24) is 0 Å². The Balaban J connectivity index is 1.82. The summed E-state index contributed by atoms with van der Waals surface area (Å²) < 4.78 is 5.20. The van der Waals surface area contributed by atoms with Gasteiger partial charge in [-0.25, -0.2) is 0 Å². The second-order valence-electron chi connectivity index (χ2n) is 4.91. The molecule has 0 saturated carbocycles. The molecule has 0 unspecified atom stereocenters. The van der Waals surface area contributed by atoms with Crippen molar-refractivity contribution in [3.8, 4) is 5.75 Å². The first-order valence-corrected chi connectivity index (χ1v) is 6.43. The van der Waals surface area contributed by atoms with E-state index in [9.17, 15) is 0 Å². The van der Waals surface area contributed by atoms with Crippen molar-refractivity contribution in [1.29, 1.82) is 0 Å². The van der Waals surface area contributed by atoms with Gasteiger partial charge in [-0.15, -0.1) is 0 Å². The maximum absolute atomic E-state index is 5.20. The lowest BCUT2D eigenvalue weighted by Crippen LogP contribution is -1.93. The fourth-order valence-electron chi connectivity index (χ4n) is 2.85. The average molecular weight is 226 g/mol. The van der Waals surface area contributed by atoms with Crippen LogP contribution in [0, 0.1) is 0 Å². The minimum absolute atomic E-state index is 0.935. The highest BCUT2D eigenvalue weighted by Crippen LogP contribution is 2.39. The molecule has 3 rings (SSSR count). The molecule has 0 fully saturated rings. The van der Waals surface area contributed by atoms with Gasteiger partial charge in [-0.1, -0.05) is 23.8 Å². The van der Waals surface area contributed by atoms with Gasteiger partial charge in [-0.2, -0.15) is 0 Å². The first kappa shape index (κ1) is 10.6. The number of methoxy groups -OCH3 is 1. The van der Waals surface area contributed by atoms with Gasteiger partial charge in [0.1, 0.15) is 5.75 Å². The highest BCUT2D eigenvalue weighted by molar-refractivity contribution is 5.74. The number of hydrogen-bond donors (Lipinski definition) is 0. The Kier molecular flexibility index (Phi) is 2.76. The van der Waals surface area contributed by atoms with Crippen molar-refractivity contribution in [2.24, 2.45) is 0 Å². The summed E-state index contributed by atoms with van der Waals surface area (Å²) >= 11 is 0. The summed E-state index contributed by atoms with van der Waals surface area (Å²) in [5, 5.41) is 0. The lowest BCUT2D eigenvalue weighted by atomic mass is 9.93. The third-order valence-electron chi connectivity index (χ3n) is 3.84. The van der Waals surface area contributed by atoms with E-state index in [0.717, 1.165) is 5.75 Å². The summed E-state index contributed by atoms with van der Waals surface area (Å²) in [5.41, 5.74) is 6.13. The highest BCUT2D eigenvalue weighted by atomic mass is 16.5. The van der Waals surface area contributed by atoms with Crippen LogP contribution < -0.4 is 4.74 Å². The molecule has 2 aliphatic carbocycles. The van der Waals surface area contributed by atoms with Crippen LogP contribution in [0.4, 0.5) is 0 Å². The second kappa shape index (κ2) is 4.40. The molecule has 0 aromatic heterocycles. The Morgan fingerprint density at radius 2 is 1.76 bits per heavy atom. The van der Waals surface area contributed by atoms with Gasteiger partial charge in [0.15, 0.2) is 0 Å². The molecule has 0 spiro atoms. The van der Waals surface area contributed by atoms with Gasteiger partial charge < -0.3 is 4.74 Å². The molecule has 0 atom stereocenters. The average Bonchev–Trinajstić information content (AvgIpc) is 2.82. The van der Waals surface area contributed by atoms with Gasteiger partial charge in [0, 0.05) is 0 Å².